The summed E-state index contributed by atoms with van der Waals surface area (Å²) in [6.07, 6.45) is 17.5. The van der Waals surface area contributed by atoms with E-state index in [-0.39, 0.29) is 0 Å². The van der Waals surface area contributed by atoms with Gasteiger partial charge < -0.3 is 10.2 Å². The fourth-order valence-electron chi connectivity index (χ4n) is 3.30. The van der Waals surface area contributed by atoms with Crippen LogP contribution in [0.4, 0.5) is 0 Å². The molecule has 1 unspecified atom stereocenters. The lowest BCUT2D eigenvalue weighted by Gasteiger charge is -2.33. The first kappa shape index (κ1) is 20.0. The van der Waals surface area contributed by atoms with Crippen molar-refractivity contribution in [1.29, 1.82) is 0 Å². The summed E-state index contributed by atoms with van der Waals surface area (Å²) in [5.74, 6) is 0.933. The maximum Gasteiger partial charge on any atom is 0.0285 e. The first-order valence-corrected chi connectivity index (χ1v) is 9.66. The van der Waals surface area contributed by atoms with Crippen molar-refractivity contribution in [3.8, 4) is 0 Å². The van der Waals surface area contributed by atoms with E-state index in [0.29, 0.717) is 6.04 Å². The highest BCUT2D eigenvalue weighted by Crippen LogP contribution is 2.19. The molecule has 1 saturated heterocycles. The maximum absolute atomic E-state index is 4.09. The third kappa shape index (κ3) is 9.00. The van der Waals surface area contributed by atoms with Gasteiger partial charge in [-0.05, 0) is 44.7 Å². The standard InChI is InChI=1S/C21H38N2/c1-5-8-10-11-19(4)22-21-14-17-23(18-15-21)16-13-20(7-3)12-9-6-2/h5,8,10-11,20-22H,4,6-7,9,12-18H2,1-3H3/b8-5-,11-10-. The van der Waals surface area contributed by atoms with E-state index < -0.39 is 0 Å². The Labute approximate surface area is 144 Å². The predicted octanol–water partition coefficient (Wildman–Crippen LogP) is 5.29. The molecule has 23 heavy (non-hydrogen) atoms. The van der Waals surface area contributed by atoms with Gasteiger partial charge >= 0.3 is 0 Å². The monoisotopic (exact) mass is 318 g/mol. The molecule has 1 N–H and O–H groups in total. The zero-order valence-corrected chi connectivity index (χ0v) is 15.7. The third-order valence-corrected chi connectivity index (χ3v) is 4.97. The van der Waals surface area contributed by atoms with E-state index in [9.17, 15) is 0 Å². The molecule has 2 nitrogen and oxygen atoms in total. The van der Waals surface area contributed by atoms with E-state index in [0.717, 1.165) is 11.6 Å². The van der Waals surface area contributed by atoms with E-state index in [1.807, 2.05) is 25.2 Å². The van der Waals surface area contributed by atoms with Crippen molar-refractivity contribution in [3.05, 3.63) is 36.6 Å². The van der Waals surface area contributed by atoms with Crippen LogP contribution in [0.15, 0.2) is 36.6 Å². The molecule has 0 radical (unpaired) electrons. The first-order chi connectivity index (χ1) is 11.2. The first-order valence-electron chi connectivity index (χ1n) is 9.66. The Hall–Kier alpha value is -1.02. The van der Waals surface area contributed by atoms with Crippen LogP contribution < -0.4 is 5.32 Å². The van der Waals surface area contributed by atoms with Gasteiger partial charge in [-0.15, -0.1) is 0 Å². The van der Waals surface area contributed by atoms with Gasteiger partial charge in [0.2, 0.25) is 0 Å². The molecule has 0 amide bonds. The van der Waals surface area contributed by atoms with Gasteiger partial charge in [0.05, 0.1) is 0 Å². The quantitative estimate of drug-likeness (QED) is 0.520. The molecule has 0 bridgehead atoms. The summed E-state index contributed by atoms with van der Waals surface area (Å²) < 4.78 is 0. The molecule has 1 fully saturated rings. The molecule has 132 valence electrons. The van der Waals surface area contributed by atoms with Gasteiger partial charge in [0.15, 0.2) is 0 Å². The number of rotatable bonds is 11. The van der Waals surface area contributed by atoms with Crippen molar-refractivity contribution in [2.75, 3.05) is 19.6 Å². The largest absolute Gasteiger partial charge is 0.383 e. The number of nitrogens with zero attached hydrogens (tertiary/aromatic N) is 1. The van der Waals surface area contributed by atoms with Crippen LogP contribution in [0.1, 0.15) is 65.7 Å². The van der Waals surface area contributed by atoms with Gasteiger partial charge in [-0.25, -0.2) is 0 Å². The highest BCUT2D eigenvalue weighted by atomic mass is 15.1. The highest BCUT2D eigenvalue weighted by Gasteiger charge is 2.19. The summed E-state index contributed by atoms with van der Waals surface area (Å²) in [5, 5.41) is 3.56. The summed E-state index contributed by atoms with van der Waals surface area (Å²) in [6, 6.07) is 0.594. The van der Waals surface area contributed by atoms with Crippen molar-refractivity contribution < 1.29 is 0 Å². The fraction of sp³-hybridized carbons (Fsp3) is 0.714. The molecule has 1 atom stereocenters. The number of unbranched alkanes of at least 4 members (excludes halogenated alkanes) is 1. The average molecular weight is 319 g/mol. The molecule has 0 aromatic rings. The minimum atomic E-state index is 0.594. The summed E-state index contributed by atoms with van der Waals surface area (Å²) >= 11 is 0. The molecule has 0 spiro atoms. The number of hydrogen-bond acceptors (Lipinski definition) is 2. The van der Waals surface area contributed by atoms with Gasteiger partial charge in [-0.2, -0.15) is 0 Å². The van der Waals surface area contributed by atoms with Crippen LogP contribution in [0, 0.1) is 5.92 Å². The Morgan fingerprint density at radius 3 is 2.57 bits per heavy atom. The zero-order chi connectivity index (χ0) is 16.9. The van der Waals surface area contributed by atoms with Crippen molar-refractivity contribution >= 4 is 0 Å². The van der Waals surface area contributed by atoms with Crippen LogP contribution in [0.25, 0.3) is 0 Å². The van der Waals surface area contributed by atoms with Crippen molar-refractivity contribution in [1.82, 2.24) is 10.2 Å². The van der Waals surface area contributed by atoms with Crippen LogP contribution >= 0.6 is 0 Å². The normalized spacial score (nSPS) is 18.7. The number of nitrogens with one attached hydrogen (secondary N) is 1. The highest BCUT2D eigenvalue weighted by molar-refractivity contribution is 5.18. The average Bonchev–Trinajstić information content (AvgIpc) is 2.56. The van der Waals surface area contributed by atoms with Crippen LogP contribution in [0.5, 0.6) is 0 Å². The molecular formula is C21H38N2. The lowest BCUT2D eigenvalue weighted by molar-refractivity contribution is 0.188. The summed E-state index contributed by atoms with van der Waals surface area (Å²) in [7, 11) is 0. The van der Waals surface area contributed by atoms with E-state index in [1.165, 1.54) is 64.6 Å². The lowest BCUT2D eigenvalue weighted by atomic mass is 9.95. The lowest BCUT2D eigenvalue weighted by Crippen LogP contribution is -2.42. The van der Waals surface area contributed by atoms with Crippen LogP contribution in [0.2, 0.25) is 0 Å². The second kappa shape index (κ2) is 12.4. The van der Waals surface area contributed by atoms with E-state index in [2.05, 4.69) is 36.7 Å². The van der Waals surface area contributed by atoms with Crippen LogP contribution in [0.3, 0.4) is 0 Å². The smallest absolute Gasteiger partial charge is 0.0285 e. The molecule has 1 heterocycles. The van der Waals surface area contributed by atoms with Crippen molar-refractivity contribution in [2.45, 2.75) is 71.8 Å². The van der Waals surface area contributed by atoms with Gasteiger partial charge in [-0.3, -0.25) is 0 Å². The zero-order valence-electron chi connectivity index (χ0n) is 15.7. The number of allylic oxidation sites excluding steroid dienone is 4. The van der Waals surface area contributed by atoms with Crippen molar-refractivity contribution in [3.63, 3.8) is 0 Å². The Morgan fingerprint density at radius 2 is 1.96 bits per heavy atom. The molecule has 1 aliphatic rings. The topological polar surface area (TPSA) is 15.3 Å². The minimum Gasteiger partial charge on any atom is -0.383 e. The van der Waals surface area contributed by atoms with Crippen LogP contribution in [-0.2, 0) is 0 Å². The number of piperidine rings is 1. The van der Waals surface area contributed by atoms with Crippen molar-refractivity contribution in [2.24, 2.45) is 5.92 Å². The molecular weight excluding hydrogens is 280 g/mol. The maximum atomic E-state index is 4.09. The SMILES string of the molecule is C=C(/C=C\C=C/C)NC1CCN(CCC(CC)CCCC)CC1. The second-order valence-electron chi connectivity index (χ2n) is 6.88. The molecule has 1 aliphatic heterocycles. The van der Waals surface area contributed by atoms with Gasteiger partial charge in [-0.1, -0.05) is 64.3 Å². The minimum absolute atomic E-state index is 0.594. The van der Waals surface area contributed by atoms with E-state index >= 15 is 0 Å². The number of hydrogen-bond donors (Lipinski definition) is 1. The van der Waals surface area contributed by atoms with Gasteiger partial charge in [0.1, 0.15) is 0 Å². The van der Waals surface area contributed by atoms with Crippen LogP contribution in [-0.4, -0.2) is 30.6 Å². The summed E-state index contributed by atoms with van der Waals surface area (Å²) in [5.41, 5.74) is 1.03. The molecule has 0 aromatic heterocycles. The fourth-order valence-corrected chi connectivity index (χ4v) is 3.30. The molecule has 0 saturated carbocycles. The Morgan fingerprint density at radius 1 is 1.22 bits per heavy atom. The Bertz CT molecular complexity index is 362. The van der Waals surface area contributed by atoms with E-state index in [4.69, 9.17) is 0 Å². The Kier molecular flexibility index (Phi) is 10.8. The Balaban J connectivity index is 2.20. The van der Waals surface area contributed by atoms with E-state index in [1.54, 1.807) is 0 Å². The number of likely N-dealkylation sites (tertiary alicyclic amines) is 1. The molecule has 2 heteroatoms. The predicted molar refractivity (Wildman–Crippen MR) is 104 cm³/mol. The summed E-state index contributed by atoms with van der Waals surface area (Å²) in [6.45, 7) is 14.5. The van der Waals surface area contributed by atoms with Gasteiger partial charge in [0.25, 0.3) is 0 Å². The summed E-state index contributed by atoms with van der Waals surface area (Å²) in [4.78, 5) is 2.66. The molecule has 0 aromatic carbocycles. The second-order valence-corrected chi connectivity index (χ2v) is 6.88. The molecule has 0 aliphatic carbocycles. The molecule has 1 rings (SSSR count). The van der Waals surface area contributed by atoms with Gasteiger partial charge in [0, 0.05) is 24.8 Å². The third-order valence-electron chi connectivity index (χ3n) is 4.97.